The van der Waals surface area contributed by atoms with Crippen molar-refractivity contribution in [1.29, 1.82) is 0 Å². The molecule has 0 fully saturated rings. The van der Waals surface area contributed by atoms with Crippen molar-refractivity contribution in [2.24, 2.45) is 0 Å². The quantitative estimate of drug-likeness (QED) is 0.788. The van der Waals surface area contributed by atoms with Crippen LogP contribution in [0, 0.1) is 0 Å². The molecule has 0 spiro atoms. The standard InChI is InChI=1S/C13H16BrN3O2/c1-16(8-10(14)9-19-2)13(18)11-7-15-17-6-4-3-5-12(11)17/h3-7,10H,8-9H2,1-2H3. The number of carbonyl (C=O) groups is 1. The van der Waals surface area contributed by atoms with Crippen LogP contribution in [0.3, 0.4) is 0 Å². The molecule has 1 amide bonds. The van der Waals surface area contributed by atoms with Crippen molar-refractivity contribution in [1.82, 2.24) is 14.5 Å². The molecular weight excluding hydrogens is 310 g/mol. The van der Waals surface area contributed by atoms with E-state index in [1.165, 1.54) is 0 Å². The van der Waals surface area contributed by atoms with E-state index in [9.17, 15) is 4.79 Å². The number of aromatic nitrogens is 2. The summed E-state index contributed by atoms with van der Waals surface area (Å²) in [5.74, 6) is -0.0400. The molecule has 0 aliphatic heterocycles. The van der Waals surface area contributed by atoms with Crippen molar-refractivity contribution >= 4 is 27.4 Å². The number of halogens is 1. The summed E-state index contributed by atoms with van der Waals surface area (Å²) in [5, 5.41) is 4.17. The number of rotatable bonds is 5. The summed E-state index contributed by atoms with van der Waals surface area (Å²) in [4.78, 5) is 14.2. The Hall–Kier alpha value is -1.40. The summed E-state index contributed by atoms with van der Waals surface area (Å²) in [6.07, 6.45) is 3.43. The molecule has 0 radical (unpaired) electrons. The van der Waals surface area contributed by atoms with E-state index in [1.54, 1.807) is 29.8 Å². The van der Waals surface area contributed by atoms with E-state index in [-0.39, 0.29) is 10.7 Å². The maximum atomic E-state index is 12.4. The predicted octanol–water partition coefficient (Wildman–Crippen LogP) is 1.82. The maximum absolute atomic E-state index is 12.4. The molecule has 5 nitrogen and oxygen atoms in total. The zero-order valence-corrected chi connectivity index (χ0v) is 12.5. The molecule has 0 saturated carbocycles. The minimum absolute atomic E-state index is 0.0400. The Labute approximate surface area is 120 Å². The molecule has 1 unspecified atom stereocenters. The molecule has 0 aliphatic carbocycles. The third-order valence-electron chi connectivity index (χ3n) is 2.82. The Balaban J connectivity index is 2.15. The molecule has 0 bridgehead atoms. The SMILES string of the molecule is COCC(Br)CN(C)C(=O)c1cnn2ccccc12. The van der Waals surface area contributed by atoms with E-state index in [0.29, 0.717) is 18.7 Å². The fraction of sp³-hybridized carbons (Fsp3) is 0.385. The first kappa shape index (κ1) is 14.0. The van der Waals surface area contributed by atoms with Crippen molar-refractivity contribution in [3.8, 4) is 0 Å². The number of amides is 1. The lowest BCUT2D eigenvalue weighted by Crippen LogP contribution is -2.33. The van der Waals surface area contributed by atoms with E-state index in [0.717, 1.165) is 5.52 Å². The largest absolute Gasteiger partial charge is 0.383 e. The molecule has 2 heterocycles. The lowest BCUT2D eigenvalue weighted by atomic mass is 10.2. The first-order valence-electron chi connectivity index (χ1n) is 5.94. The fourth-order valence-electron chi connectivity index (χ4n) is 1.92. The number of carbonyl (C=O) groups excluding carboxylic acids is 1. The Morgan fingerprint density at radius 1 is 1.58 bits per heavy atom. The van der Waals surface area contributed by atoms with Gasteiger partial charge in [0.15, 0.2) is 0 Å². The van der Waals surface area contributed by atoms with Crippen LogP contribution >= 0.6 is 15.9 Å². The van der Waals surface area contributed by atoms with Crippen LogP contribution in [0.25, 0.3) is 5.52 Å². The first-order chi connectivity index (χ1) is 9.13. The van der Waals surface area contributed by atoms with Crippen LogP contribution in [0.4, 0.5) is 0 Å². The monoisotopic (exact) mass is 325 g/mol. The van der Waals surface area contributed by atoms with Gasteiger partial charge >= 0.3 is 0 Å². The third kappa shape index (κ3) is 3.13. The summed E-state index contributed by atoms with van der Waals surface area (Å²) >= 11 is 3.48. The van der Waals surface area contributed by atoms with Crippen LogP contribution in [-0.2, 0) is 4.74 Å². The Morgan fingerprint density at radius 2 is 2.37 bits per heavy atom. The van der Waals surface area contributed by atoms with Crippen LogP contribution in [0.15, 0.2) is 30.6 Å². The molecule has 2 aromatic heterocycles. The van der Waals surface area contributed by atoms with Gasteiger partial charge in [0.2, 0.25) is 0 Å². The first-order valence-corrected chi connectivity index (χ1v) is 6.86. The fourth-order valence-corrected chi connectivity index (χ4v) is 2.62. The molecule has 1 atom stereocenters. The molecule has 2 rings (SSSR count). The van der Waals surface area contributed by atoms with Crippen molar-refractivity contribution < 1.29 is 9.53 Å². The second-order valence-corrected chi connectivity index (χ2v) is 5.62. The van der Waals surface area contributed by atoms with Gasteiger partial charge in [-0.3, -0.25) is 4.79 Å². The minimum atomic E-state index is -0.0400. The number of pyridine rings is 1. The molecule has 102 valence electrons. The van der Waals surface area contributed by atoms with Gasteiger partial charge in [-0.2, -0.15) is 5.10 Å². The highest BCUT2D eigenvalue weighted by Crippen LogP contribution is 2.13. The molecule has 19 heavy (non-hydrogen) atoms. The molecular formula is C13H16BrN3O2. The lowest BCUT2D eigenvalue weighted by Gasteiger charge is -2.19. The summed E-state index contributed by atoms with van der Waals surface area (Å²) < 4.78 is 6.74. The molecule has 0 aromatic carbocycles. The normalized spacial score (nSPS) is 12.6. The van der Waals surface area contributed by atoms with Gasteiger partial charge in [-0.1, -0.05) is 22.0 Å². The number of methoxy groups -OCH3 is 1. The number of alkyl halides is 1. The summed E-state index contributed by atoms with van der Waals surface area (Å²) in [7, 11) is 3.42. The van der Waals surface area contributed by atoms with E-state index < -0.39 is 0 Å². The molecule has 0 aliphatic rings. The highest BCUT2D eigenvalue weighted by Gasteiger charge is 2.18. The number of hydrogen-bond acceptors (Lipinski definition) is 3. The van der Waals surface area contributed by atoms with Crippen LogP contribution in [0.5, 0.6) is 0 Å². The van der Waals surface area contributed by atoms with E-state index in [4.69, 9.17) is 4.74 Å². The van der Waals surface area contributed by atoms with Crippen molar-refractivity contribution in [3.05, 3.63) is 36.2 Å². The van der Waals surface area contributed by atoms with Gasteiger partial charge in [0.05, 0.1) is 28.7 Å². The maximum Gasteiger partial charge on any atom is 0.257 e. The second-order valence-electron chi connectivity index (χ2n) is 4.33. The van der Waals surface area contributed by atoms with Gasteiger partial charge in [0.1, 0.15) is 0 Å². The predicted molar refractivity (Wildman–Crippen MR) is 76.7 cm³/mol. The number of hydrogen-bond donors (Lipinski definition) is 0. The number of ether oxygens (including phenoxy) is 1. The van der Waals surface area contributed by atoms with Crippen LogP contribution in [-0.4, -0.2) is 52.6 Å². The molecule has 6 heteroatoms. The van der Waals surface area contributed by atoms with E-state index >= 15 is 0 Å². The molecule has 2 aromatic rings. The van der Waals surface area contributed by atoms with E-state index in [1.807, 2.05) is 24.4 Å². The highest BCUT2D eigenvalue weighted by molar-refractivity contribution is 9.09. The minimum Gasteiger partial charge on any atom is -0.383 e. The number of nitrogens with zero attached hydrogens (tertiary/aromatic N) is 3. The molecule has 0 saturated heterocycles. The zero-order valence-electron chi connectivity index (χ0n) is 10.9. The average molecular weight is 326 g/mol. The van der Waals surface area contributed by atoms with Crippen molar-refractivity contribution in [2.75, 3.05) is 27.3 Å². The van der Waals surface area contributed by atoms with Crippen LogP contribution in [0.2, 0.25) is 0 Å². The summed E-state index contributed by atoms with van der Waals surface area (Å²) in [6.45, 7) is 1.14. The van der Waals surface area contributed by atoms with Crippen LogP contribution < -0.4 is 0 Å². The van der Waals surface area contributed by atoms with Gasteiger partial charge < -0.3 is 9.64 Å². The zero-order chi connectivity index (χ0) is 13.8. The molecule has 0 N–H and O–H groups in total. The second kappa shape index (κ2) is 6.16. The topological polar surface area (TPSA) is 46.8 Å². The lowest BCUT2D eigenvalue weighted by molar-refractivity contribution is 0.0786. The van der Waals surface area contributed by atoms with Gasteiger partial charge in [0, 0.05) is 26.9 Å². The van der Waals surface area contributed by atoms with Gasteiger partial charge in [-0.15, -0.1) is 0 Å². The summed E-state index contributed by atoms with van der Waals surface area (Å²) in [6, 6.07) is 5.66. The van der Waals surface area contributed by atoms with Crippen molar-refractivity contribution in [3.63, 3.8) is 0 Å². The van der Waals surface area contributed by atoms with Gasteiger partial charge in [0.25, 0.3) is 5.91 Å². The van der Waals surface area contributed by atoms with Gasteiger partial charge in [-0.05, 0) is 12.1 Å². The smallest absolute Gasteiger partial charge is 0.257 e. The van der Waals surface area contributed by atoms with Gasteiger partial charge in [-0.25, -0.2) is 4.52 Å². The third-order valence-corrected chi connectivity index (χ3v) is 3.38. The Bertz CT molecular complexity index is 570. The average Bonchev–Trinajstić information content (AvgIpc) is 2.81. The summed E-state index contributed by atoms with van der Waals surface area (Å²) in [5.41, 5.74) is 1.43. The number of fused-ring (bicyclic) bond motifs is 1. The highest BCUT2D eigenvalue weighted by atomic mass is 79.9. The Kier molecular flexibility index (Phi) is 4.55. The van der Waals surface area contributed by atoms with E-state index in [2.05, 4.69) is 21.0 Å². The van der Waals surface area contributed by atoms with Crippen LogP contribution in [0.1, 0.15) is 10.4 Å². The Morgan fingerprint density at radius 3 is 3.11 bits per heavy atom. The van der Waals surface area contributed by atoms with Crippen molar-refractivity contribution in [2.45, 2.75) is 4.83 Å².